The number of hydrogen-bond donors (Lipinski definition) is 1. The molecule has 2 rings (SSSR count). The maximum Gasteiger partial charge on any atom is 0.156 e. The molecule has 1 fully saturated rings. The van der Waals surface area contributed by atoms with E-state index in [-0.39, 0.29) is 0 Å². The number of amidine groups is 1. The summed E-state index contributed by atoms with van der Waals surface area (Å²) in [6.45, 7) is 5.35. The van der Waals surface area contributed by atoms with Crippen LogP contribution in [0.2, 0.25) is 0 Å². The lowest BCUT2D eigenvalue weighted by molar-refractivity contribution is 0.502. The molecule has 1 aliphatic heterocycles. The molecule has 1 unspecified atom stereocenters. The van der Waals surface area contributed by atoms with Crippen molar-refractivity contribution >= 4 is 16.9 Å². The van der Waals surface area contributed by atoms with Gasteiger partial charge in [-0.05, 0) is 12.3 Å². The van der Waals surface area contributed by atoms with Crippen LogP contribution in [0.4, 0.5) is 0 Å². The zero-order valence-corrected chi connectivity index (χ0v) is 12.2. The van der Waals surface area contributed by atoms with Gasteiger partial charge in [0.1, 0.15) is 5.82 Å². The van der Waals surface area contributed by atoms with Crippen molar-refractivity contribution in [1.29, 1.82) is 0 Å². The fourth-order valence-corrected chi connectivity index (χ4v) is 3.13. The highest BCUT2D eigenvalue weighted by molar-refractivity contribution is 8.14. The highest BCUT2D eigenvalue weighted by Crippen LogP contribution is 2.18. The molecular weight excluding hydrogens is 244 g/mol. The smallest absolute Gasteiger partial charge is 0.156 e. The van der Waals surface area contributed by atoms with Crippen LogP contribution in [-0.4, -0.2) is 33.1 Å². The first-order valence-electron chi connectivity index (χ1n) is 6.55. The Kier molecular flexibility index (Phi) is 4.69. The standard InChI is InChI=1S/C13H22N4S/c1-10(2)8-11-9-18-13(16-11)15-5-4-12-14-6-7-17(12)3/h6-7,10-11H,4-5,8-9H2,1-3H3,(H,15,16). The lowest BCUT2D eigenvalue weighted by Crippen LogP contribution is -2.28. The Morgan fingerprint density at radius 1 is 1.61 bits per heavy atom. The van der Waals surface area contributed by atoms with Gasteiger partial charge in [0.2, 0.25) is 0 Å². The van der Waals surface area contributed by atoms with Crippen LogP contribution in [-0.2, 0) is 13.5 Å². The Morgan fingerprint density at radius 3 is 3.11 bits per heavy atom. The van der Waals surface area contributed by atoms with E-state index < -0.39 is 0 Å². The summed E-state index contributed by atoms with van der Waals surface area (Å²) >= 11 is 1.85. The molecular formula is C13H22N4S. The second kappa shape index (κ2) is 6.27. The first-order valence-corrected chi connectivity index (χ1v) is 7.53. The van der Waals surface area contributed by atoms with Crippen LogP contribution < -0.4 is 5.32 Å². The van der Waals surface area contributed by atoms with E-state index in [4.69, 9.17) is 0 Å². The Labute approximate surface area is 113 Å². The van der Waals surface area contributed by atoms with Crippen LogP contribution in [0.25, 0.3) is 0 Å². The maximum absolute atomic E-state index is 4.61. The molecule has 1 aliphatic rings. The van der Waals surface area contributed by atoms with Crippen LogP contribution in [0.1, 0.15) is 26.1 Å². The molecule has 0 saturated carbocycles. The minimum atomic E-state index is 0.599. The normalized spacial score (nSPS) is 21.8. The monoisotopic (exact) mass is 266 g/mol. The van der Waals surface area contributed by atoms with E-state index in [1.807, 2.05) is 31.2 Å². The van der Waals surface area contributed by atoms with Gasteiger partial charge in [-0.25, -0.2) is 4.98 Å². The van der Waals surface area contributed by atoms with Crippen molar-refractivity contribution in [3.05, 3.63) is 18.2 Å². The number of aromatic nitrogens is 2. The highest BCUT2D eigenvalue weighted by Gasteiger charge is 2.20. The Morgan fingerprint density at radius 2 is 2.44 bits per heavy atom. The molecule has 5 heteroatoms. The third-order valence-electron chi connectivity index (χ3n) is 3.02. The Bertz CT molecular complexity index is 411. The summed E-state index contributed by atoms with van der Waals surface area (Å²) in [5.74, 6) is 3.00. The van der Waals surface area contributed by atoms with Crippen molar-refractivity contribution in [2.75, 3.05) is 12.3 Å². The molecule has 0 spiro atoms. The number of aryl methyl sites for hydroxylation is 1. The first-order chi connectivity index (χ1) is 8.65. The third-order valence-corrected chi connectivity index (χ3v) is 4.11. The predicted molar refractivity (Wildman–Crippen MR) is 78.1 cm³/mol. The zero-order chi connectivity index (χ0) is 13.0. The van der Waals surface area contributed by atoms with Gasteiger partial charge in [-0.15, -0.1) is 0 Å². The topological polar surface area (TPSA) is 42.2 Å². The van der Waals surface area contributed by atoms with Crippen molar-refractivity contribution in [2.45, 2.75) is 32.7 Å². The van der Waals surface area contributed by atoms with Crippen LogP contribution in [0.5, 0.6) is 0 Å². The summed E-state index contributed by atoms with van der Waals surface area (Å²) in [5, 5.41) is 4.61. The van der Waals surface area contributed by atoms with Gasteiger partial charge in [-0.1, -0.05) is 25.6 Å². The third kappa shape index (κ3) is 3.77. The van der Waals surface area contributed by atoms with Crippen LogP contribution >= 0.6 is 11.8 Å². The minimum absolute atomic E-state index is 0.599. The van der Waals surface area contributed by atoms with Gasteiger partial charge in [0.05, 0.1) is 0 Å². The molecule has 0 aliphatic carbocycles. The molecule has 0 radical (unpaired) electrons. The average Bonchev–Trinajstić information content (AvgIpc) is 2.89. The van der Waals surface area contributed by atoms with E-state index in [1.54, 1.807) is 0 Å². The number of hydrogen-bond acceptors (Lipinski definition) is 3. The molecule has 1 N–H and O–H groups in total. The summed E-state index contributed by atoms with van der Waals surface area (Å²) < 4.78 is 2.05. The molecule has 0 bridgehead atoms. The van der Waals surface area contributed by atoms with E-state index in [0.717, 1.165) is 35.6 Å². The van der Waals surface area contributed by atoms with E-state index in [1.165, 1.54) is 6.42 Å². The van der Waals surface area contributed by atoms with Crippen LogP contribution in [0, 0.1) is 5.92 Å². The van der Waals surface area contributed by atoms with Gasteiger partial charge in [-0.2, -0.15) is 0 Å². The molecule has 0 aromatic carbocycles. The number of rotatable bonds is 5. The van der Waals surface area contributed by atoms with Crippen molar-refractivity contribution in [1.82, 2.24) is 14.9 Å². The first kappa shape index (κ1) is 13.5. The molecule has 18 heavy (non-hydrogen) atoms. The maximum atomic E-state index is 4.61. The summed E-state index contributed by atoms with van der Waals surface area (Å²) in [6, 6.07) is 0.599. The minimum Gasteiger partial charge on any atom is -0.361 e. The molecule has 1 aromatic rings. The molecule has 1 saturated heterocycles. The van der Waals surface area contributed by atoms with Gasteiger partial charge < -0.3 is 9.88 Å². The van der Waals surface area contributed by atoms with E-state index in [2.05, 4.69) is 33.7 Å². The summed E-state index contributed by atoms with van der Waals surface area (Å²) in [7, 11) is 2.02. The second-order valence-corrected chi connectivity index (χ2v) is 6.18. The zero-order valence-electron chi connectivity index (χ0n) is 11.4. The molecule has 1 aromatic heterocycles. The number of aliphatic imine (C=N–C) groups is 1. The van der Waals surface area contributed by atoms with Gasteiger partial charge in [0, 0.05) is 44.2 Å². The fraction of sp³-hybridized carbons (Fsp3) is 0.692. The average molecular weight is 266 g/mol. The molecule has 2 heterocycles. The van der Waals surface area contributed by atoms with Gasteiger partial charge in [-0.3, -0.25) is 4.99 Å². The highest BCUT2D eigenvalue weighted by atomic mass is 32.2. The lowest BCUT2D eigenvalue weighted by atomic mass is 10.1. The number of thioether (sulfide) groups is 1. The largest absolute Gasteiger partial charge is 0.361 e. The van der Waals surface area contributed by atoms with Crippen molar-refractivity contribution < 1.29 is 0 Å². The summed E-state index contributed by atoms with van der Waals surface area (Å²) in [5.41, 5.74) is 0. The molecule has 100 valence electrons. The van der Waals surface area contributed by atoms with Crippen molar-refractivity contribution in [3.8, 4) is 0 Å². The number of nitrogens with zero attached hydrogens (tertiary/aromatic N) is 3. The SMILES string of the molecule is CC(C)CC1CSC(=NCCc2nccn2C)N1. The van der Waals surface area contributed by atoms with E-state index in [0.29, 0.717) is 6.04 Å². The summed E-state index contributed by atoms with van der Waals surface area (Å²) in [4.78, 5) is 8.91. The molecule has 0 amide bonds. The van der Waals surface area contributed by atoms with Gasteiger partial charge in [0.25, 0.3) is 0 Å². The predicted octanol–water partition coefficient (Wildman–Crippen LogP) is 2.07. The van der Waals surface area contributed by atoms with Crippen LogP contribution in [0.15, 0.2) is 17.4 Å². The number of nitrogens with one attached hydrogen (secondary N) is 1. The molecule has 1 atom stereocenters. The van der Waals surface area contributed by atoms with E-state index in [9.17, 15) is 0 Å². The Balaban J connectivity index is 1.76. The number of imidazole rings is 1. The Hall–Kier alpha value is -0.970. The second-order valence-electron chi connectivity index (χ2n) is 5.17. The summed E-state index contributed by atoms with van der Waals surface area (Å²) in [6.07, 6.45) is 5.95. The van der Waals surface area contributed by atoms with Crippen molar-refractivity contribution in [3.63, 3.8) is 0 Å². The lowest BCUT2D eigenvalue weighted by Gasteiger charge is -2.11. The van der Waals surface area contributed by atoms with Gasteiger partial charge >= 0.3 is 0 Å². The van der Waals surface area contributed by atoms with E-state index >= 15 is 0 Å². The van der Waals surface area contributed by atoms with Gasteiger partial charge in [0.15, 0.2) is 5.17 Å². The quantitative estimate of drug-likeness (QED) is 0.887. The fourth-order valence-electron chi connectivity index (χ4n) is 2.12. The van der Waals surface area contributed by atoms with Crippen molar-refractivity contribution in [2.24, 2.45) is 18.0 Å². The van der Waals surface area contributed by atoms with Crippen LogP contribution in [0.3, 0.4) is 0 Å². The molecule has 4 nitrogen and oxygen atoms in total.